The van der Waals surface area contributed by atoms with E-state index in [4.69, 9.17) is 16.3 Å². The molecule has 3 heterocycles. The molecule has 4 rings (SSSR count). The molecule has 1 N–H and O–H groups in total. The molecule has 25 heavy (non-hydrogen) atoms. The molecule has 3 fully saturated rings. The van der Waals surface area contributed by atoms with Crippen LogP contribution in [0.1, 0.15) is 18.4 Å². The molecular weight excluding hydrogens is 357 g/mol. The second-order valence-electron chi connectivity index (χ2n) is 7.39. The summed E-state index contributed by atoms with van der Waals surface area (Å²) in [4.78, 5) is 5.45. The van der Waals surface area contributed by atoms with Crippen molar-refractivity contribution in [2.24, 2.45) is 0 Å². The molecule has 0 spiro atoms. The number of fused-ring (bicyclic) bond motifs is 1. The molecule has 1 aromatic carbocycles. The van der Waals surface area contributed by atoms with Gasteiger partial charge < -0.3 is 10.1 Å². The first kappa shape index (κ1) is 19.4. The molecule has 6 heteroatoms. The maximum atomic E-state index is 6.06. The van der Waals surface area contributed by atoms with Gasteiger partial charge in [0.15, 0.2) is 0 Å². The molecule has 0 saturated carbocycles. The van der Waals surface area contributed by atoms with E-state index in [0.717, 1.165) is 50.8 Å². The number of piperidine rings is 1. The van der Waals surface area contributed by atoms with Gasteiger partial charge in [-0.2, -0.15) is 0 Å². The fourth-order valence-corrected chi connectivity index (χ4v) is 4.65. The van der Waals surface area contributed by atoms with Crippen molar-refractivity contribution >= 4 is 24.0 Å². The Morgan fingerprint density at radius 1 is 1.08 bits per heavy atom. The first-order valence-electron chi connectivity index (χ1n) is 9.32. The summed E-state index contributed by atoms with van der Waals surface area (Å²) < 4.78 is 5.75. The van der Waals surface area contributed by atoms with Gasteiger partial charge in [-0.15, -0.1) is 12.4 Å². The number of rotatable bonds is 3. The van der Waals surface area contributed by atoms with Crippen molar-refractivity contribution < 1.29 is 4.74 Å². The molecule has 3 saturated heterocycles. The Morgan fingerprint density at radius 2 is 1.84 bits per heavy atom. The first-order chi connectivity index (χ1) is 11.8. The fraction of sp³-hybridized carbons (Fsp3) is 0.684. The van der Waals surface area contributed by atoms with E-state index in [1.165, 1.54) is 24.9 Å². The third kappa shape index (κ3) is 4.68. The van der Waals surface area contributed by atoms with Gasteiger partial charge in [0.1, 0.15) is 0 Å². The van der Waals surface area contributed by atoms with Crippen molar-refractivity contribution in [1.29, 1.82) is 0 Å². The molecule has 0 bridgehead atoms. The number of nitrogens with one attached hydrogen (secondary N) is 1. The fourth-order valence-electron chi connectivity index (χ4n) is 4.53. The molecule has 0 aromatic heterocycles. The summed E-state index contributed by atoms with van der Waals surface area (Å²) >= 11 is 6.06. The van der Waals surface area contributed by atoms with Gasteiger partial charge >= 0.3 is 0 Å². The number of hydrogen-bond acceptors (Lipinski definition) is 4. The lowest BCUT2D eigenvalue weighted by atomic mass is 9.94. The molecule has 2 atom stereocenters. The number of halogens is 2. The monoisotopic (exact) mass is 385 g/mol. The highest BCUT2D eigenvalue weighted by Crippen LogP contribution is 2.26. The predicted octanol–water partition coefficient (Wildman–Crippen LogP) is 2.44. The zero-order valence-electron chi connectivity index (χ0n) is 14.7. The van der Waals surface area contributed by atoms with Crippen molar-refractivity contribution in [2.45, 2.75) is 37.4 Å². The lowest BCUT2D eigenvalue weighted by Gasteiger charge is -2.51. The highest BCUT2D eigenvalue weighted by Gasteiger charge is 2.38. The number of ether oxygens (including phenoxy) is 1. The minimum atomic E-state index is 0. The third-order valence-electron chi connectivity index (χ3n) is 5.85. The average Bonchev–Trinajstić information content (AvgIpc) is 2.64. The highest BCUT2D eigenvalue weighted by atomic mass is 35.5. The summed E-state index contributed by atoms with van der Waals surface area (Å²) in [5.41, 5.74) is 1.40. The quantitative estimate of drug-likeness (QED) is 0.864. The summed E-state index contributed by atoms with van der Waals surface area (Å²) in [6.45, 7) is 7.50. The smallest absolute Gasteiger partial charge is 0.0634 e. The lowest BCUT2D eigenvalue weighted by molar-refractivity contribution is -0.0771. The van der Waals surface area contributed by atoms with Crippen LogP contribution in [0, 0.1) is 0 Å². The average molecular weight is 386 g/mol. The van der Waals surface area contributed by atoms with Crippen LogP contribution in [-0.2, 0) is 11.2 Å². The van der Waals surface area contributed by atoms with Crippen LogP contribution < -0.4 is 5.32 Å². The van der Waals surface area contributed by atoms with Crippen LogP contribution in [0.2, 0.25) is 5.02 Å². The van der Waals surface area contributed by atoms with Crippen LogP contribution in [0.4, 0.5) is 0 Å². The molecular formula is C19H29Cl2N3O. The summed E-state index contributed by atoms with van der Waals surface area (Å²) in [6, 6.07) is 10.3. The minimum Gasteiger partial charge on any atom is -0.378 e. The van der Waals surface area contributed by atoms with Crippen molar-refractivity contribution in [3.8, 4) is 0 Å². The number of benzene rings is 1. The second-order valence-corrected chi connectivity index (χ2v) is 7.82. The molecule has 0 amide bonds. The van der Waals surface area contributed by atoms with Gasteiger partial charge in [-0.1, -0.05) is 23.7 Å². The zero-order valence-corrected chi connectivity index (χ0v) is 16.3. The molecule has 0 radical (unpaired) electrons. The van der Waals surface area contributed by atoms with Crippen LogP contribution in [-0.4, -0.2) is 73.9 Å². The Balaban J connectivity index is 0.00000182. The largest absolute Gasteiger partial charge is 0.378 e. The van der Waals surface area contributed by atoms with Gasteiger partial charge in [0.05, 0.1) is 13.2 Å². The predicted molar refractivity (Wildman–Crippen MR) is 105 cm³/mol. The van der Waals surface area contributed by atoms with E-state index < -0.39 is 0 Å². The molecule has 4 nitrogen and oxygen atoms in total. The number of piperazine rings is 1. The normalized spacial score (nSPS) is 29.0. The molecule has 0 unspecified atom stereocenters. The second kappa shape index (κ2) is 9.03. The standard InChI is InChI=1S/C19H28ClN3O.ClH/c20-16-3-1-15(2-4-16)11-18-12-22-9-10-24-14-19(22)13-23(18)17-5-7-21-8-6-17;/h1-4,17-19,21H,5-14H2;1H/t18-,19+;/m0./s1. The van der Waals surface area contributed by atoms with Crippen LogP contribution in [0.5, 0.6) is 0 Å². The third-order valence-corrected chi connectivity index (χ3v) is 6.10. The number of nitrogens with zero attached hydrogens (tertiary/aromatic N) is 2. The topological polar surface area (TPSA) is 27.7 Å². The van der Waals surface area contributed by atoms with E-state index >= 15 is 0 Å². The molecule has 140 valence electrons. The van der Waals surface area contributed by atoms with Gasteiger partial charge in [-0.25, -0.2) is 0 Å². The lowest BCUT2D eigenvalue weighted by Crippen LogP contribution is -2.65. The number of hydrogen-bond donors (Lipinski definition) is 1. The van der Waals surface area contributed by atoms with Crippen LogP contribution >= 0.6 is 24.0 Å². The van der Waals surface area contributed by atoms with Crippen molar-refractivity contribution in [1.82, 2.24) is 15.1 Å². The van der Waals surface area contributed by atoms with E-state index in [1.54, 1.807) is 0 Å². The Labute approximate surface area is 162 Å². The van der Waals surface area contributed by atoms with Gasteiger partial charge in [0.25, 0.3) is 0 Å². The highest BCUT2D eigenvalue weighted by molar-refractivity contribution is 6.30. The maximum absolute atomic E-state index is 6.06. The van der Waals surface area contributed by atoms with Gasteiger partial charge in [-0.05, 0) is 50.0 Å². The Bertz CT molecular complexity index is 536. The first-order valence-corrected chi connectivity index (χ1v) is 9.70. The van der Waals surface area contributed by atoms with Crippen molar-refractivity contribution in [2.75, 3.05) is 45.9 Å². The van der Waals surface area contributed by atoms with Gasteiger partial charge in [-0.3, -0.25) is 9.80 Å². The van der Waals surface area contributed by atoms with E-state index in [2.05, 4.69) is 27.2 Å². The summed E-state index contributed by atoms with van der Waals surface area (Å²) in [5.74, 6) is 0. The summed E-state index contributed by atoms with van der Waals surface area (Å²) in [5, 5.41) is 4.33. The van der Waals surface area contributed by atoms with Gasteiger partial charge in [0, 0.05) is 42.8 Å². The molecule has 1 aromatic rings. The van der Waals surface area contributed by atoms with E-state index in [0.29, 0.717) is 18.1 Å². The van der Waals surface area contributed by atoms with Crippen molar-refractivity contribution in [3.05, 3.63) is 34.9 Å². The van der Waals surface area contributed by atoms with Crippen molar-refractivity contribution in [3.63, 3.8) is 0 Å². The van der Waals surface area contributed by atoms with Gasteiger partial charge in [0.2, 0.25) is 0 Å². The van der Waals surface area contributed by atoms with Crippen LogP contribution in [0.15, 0.2) is 24.3 Å². The Morgan fingerprint density at radius 3 is 2.60 bits per heavy atom. The Hall–Kier alpha value is -0.360. The van der Waals surface area contributed by atoms with E-state index in [-0.39, 0.29) is 12.4 Å². The number of morpholine rings is 1. The van der Waals surface area contributed by atoms with E-state index in [9.17, 15) is 0 Å². The molecule has 0 aliphatic carbocycles. The maximum Gasteiger partial charge on any atom is 0.0634 e. The van der Waals surface area contributed by atoms with Crippen LogP contribution in [0.3, 0.4) is 0 Å². The molecule has 3 aliphatic heterocycles. The summed E-state index contributed by atoms with van der Waals surface area (Å²) in [6.07, 6.45) is 3.65. The zero-order chi connectivity index (χ0) is 16.4. The summed E-state index contributed by atoms with van der Waals surface area (Å²) in [7, 11) is 0. The van der Waals surface area contributed by atoms with Crippen LogP contribution in [0.25, 0.3) is 0 Å². The minimum absolute atomic E-state index is 0. The molecule has 3 aliphatic rings. The SMILES string of the molecule is Cl.Clc1ccc(C[C@H]2CN3CCOC[C@H]3CN2C2CCNCC2)cc1. The van der Waals surface area contributed by atoms with E-state index in [1.807, 2.05) is 12.1 Å². The Kier molecular flexibility index (Phi) is 7.01.